The van der Waals surface area contributed by atoms with Crippen molar-refractivity contribution in [1.82, 2.24) is 14.7 Å². The number of nitrogens with zero attached hydrogens (tertiary/aromatic N) is 3. The Morgan fingerprint density at radius 2 is 1.89 bits per heavy atom. The SMILES string of the molecule is CC(C)n1ccc(CN(CC(=O)O)CC(=O)O)n1. The average molecular weight is 255 g/mol. The Bertz CT molecular complexity index is 412. The molecule has 0 saturated heterocycles. The van der Waals surface area contributed by atoms with Gasteiger partial charge in [-0.05, 0) is 19.9 Å². The molecular weight excluding hydrogens is 238 g/mol. The fraction of sp³-hybridized carbons (Fsp3) is 0.545. The lowest BCUT2D eigenvalue weighted by Crippen LogP contribution is -2.34. The molecule has 0 radical (unpaired) electrons. The molecule has 0 aliphatic heterocycles. The summed E-state index contributed by atoms with van der Waals surface area (Å²) in [4.78, 5) is 22.6. The first-order chi connectivity index (χ1) is 8.38. The lowest BCUT2D eigenvalue weighted by Gasteiger charge is -2.16. The molecule has 0 aliphatic rings. The summed E-state index contributed by atoms with van der Waals surface area (Å²) in [7, 11) is 0. The van der Waals surface area contributed by atoms with Gasteiger partial charge in [0.05, 0.1) is 18.8 Å². The summed E-state index contributed by atoms with van der Waals surface area (Å²) in [5.41, 5.74) is 0.659. The fourth-order valence-electron chi connectivity index (χ4n) is 1.53. The zero-order chi connectivity index (χ0) is 13.7. The highest BCUT2D eigenvalue weighted by molar-refractivity contribution is 5.72. The topological polar surface area (TPSA) is 95.7 Å². The van der Waals surface area contributed by atoms with E-state index < -0.39 is 11.9 Å². The lowest BCUT2D eigenvalue weighted by atomic mass is 10.3. The molecule has 0 spiro atoms. The van der Waals surface area contributed by atoms with Gasteiger partial charge in [-0.25, -0.2) is 0 Å². The molecule has 0 amide bonds. The second-order valence-corrected chi connectivity index (χ2v) is 4.31. The van der Waals surface area contributed by atoms with Crippen molar-refractivity contribution in [2.45, 2.75) is 26.4 Å². The third-order valence-corrected chi connectivity index (χ3v) is 2.30. The van der Waals surface area contributed by atoms with Gasteiger partial charge in [0, 0.05) is 18.8 Å². The van der Waals surface area contributed by atoms with Crippen molar-refractivity contribution < 1.29 is 19.8 Å². The molecule has 0 atom stereocenters. The Morgan fingerprint density at radius 1 is 1.33 bits per heavy atom. The Kier molecular flexibility index (Phi) is 4.85. The van der Waals surface area contributed by atoms with Gasteiger partial charge in [-0.3, -0.25) is 19.2 Å². The van der Waals surface area contributed by atoms with Crippen LogP contribution in [0.1, 0.15) is 25.6 Å². The van der Waals surface area contributed by atoms with Gasteiger partial charge in [-0.1, -0.05) is 0 Å². The van der Waals surface area contributed by atoms with Gasteiger partial charge < -0.3 is 10.2 Å². The molecule has 0 bridgehead atoms. The molecule has 0 saturated carbocycles. The summed E-state index contributed by atoms with van der Waals surface area (Å²) in [6.07, 6.45) is 1.79. The largest absolute Gasteiger partial charge is 0.480 e. The van der Waals surface area contributed by atoms with Crippen LogP contribution in [0.2, 0.25) is 0 Å². The first-order valence-corrected chi connectivity index (χ1v) is 5.58. The molecule has 1 heterocycles. The predicted octanol–water partition coefficient (Wildman–Crippen LogP) is 0.435. The van der Waals surface area contributed by atoms with Crippen LogP contribution in [-0.4, -0.2) is 49.9 Å². The van der Waals surface area contributed by atoms with E-state index in [-0.39, 0.29) is 25.7 Å². The third-order valence-electron chi connectivity index (χ3n) is 2.30. The molecule has 0 aliphatic carbocycles. The number of carboxylic acid groups (broad SMARTS) is 2. The molecule has 100 valence electrons. The van der Waals surface area contributed by atoms with Crippen LogP contribution in [0, 0.1) is 0 Å². The van der Waals surface area contributed by atoms with Gasteiger partial charge in [0.15, 0.2) is 0 Å². The van der Waals surface area contributed by atoms with Crippen molar-refractivity contribution in [3.8, 4) is 0 Å². The van der Waals surface area contributed by atoms with Crippen molar-refractivity contribution >= 4 is 11.9 Å². The maximum atomic E-state index is 10.6. The fourth-order valence-corrected chi connectivity index (χ4v) is 1.53. The van der Waals surface area contributed by atoms with Crippen LogP contribution in [0.15, 0.2) is 12.3 Å². The monoisotopic (exact) mass is 255 g/mol. The van der Waals surface area contributed by atoms with E-state index in [0.29, 0.717) is 5.69 Å². The highest BCUT2D eigenvalue weighted by atomic mass is 16.4. The van der Waals surface area contributed by atoms with E-state index in [9.17, 15) is 9.59 Å². The summed E-state index contributed by atoms with van der Waals surface area (Å²) in [6, 6.07) is 1.97. The molecule has 2 N–H and O–H groups in total. The van der Waals surface area contributed by atoms with Gasteiger partial charge in [0.1, 0.15) is 0 Å². The molecule has 0 aromatic carbocycles. The van der Waals surface area contributed by atoms with E-state index in [0.717, 1.165) is 0 Å². The number of aliphatic carboxylic acids is 2. The van der Waals surface area contributed by atoms with Crippen LogP contribution in [0.5, 0.6) is 0 Å². The van der Waals surface area contributed by atoms with Gasteiger partial charge in [0.2, 0.25) is 0 Å². The number of hydrogen-bond donors (Lipinski definition) is 2. The lowest BCUT2D eigenvalue weighted by molar-refractivity contribution is -0.142. The average Bonchev–Trinajstić information content (AvgIpc) is 2.63. The maximum Gasteiger partial charge on any atom is 0.317 e. The summed E-state index contributed by atoms with van der Waals surface area (Å²) < 4.78 is 1.75. The Labute approximate surface area is 105 Å². The summed E-state index contributed by atoms with van der Waals surface area (Å²) in [5.74, 6) is -2.11. The van der Waals surface area contributed by atoms with Crippen LogP contribution in [0.3, 0.4) is 0 Å². The smallest absolute Gasteiger partial charge is 0.317 e. The van der Waals surface area contributed by atoms with Gasteiger partial charge in [-0.2, -0.15) is 5.10 Å². The zero-order valence-corrected chi connectivity index (χ0v) is 10.4. The number of carbonyl (C=O) groups is 2. The number of aromatic nitrogens is 2. The number of rotatable bonds is 7. The molecule has 0 fully saturated rings. The van der Waals surface area contributed by atoms with E-state index in [4.69, 9.17) is 10.2 Å². The van der Waals surface area contributed by atoms with Gasteiger partial charge in [0.25, 0.3) is 0 Å². The van der Waals surface area contributed by atoms with Crippen LogP contribution >= 0.6 is 0 Å². The van der Waals surface area contributed by atoms with Crippen LogP contribution in [-0.2, 0) is 16.1 Å². The number of carboxylic acids is 2. The molecule has 0 unspecified atom stereocenters. The highest BCUT2D eigenvalue weighted by Crippen LogP contribution is 2.06. The minimum atomic E-state index is -1.06. The van der Waals surface area contributed by atoms with Gasteiger partial charge in [-0.15, -0.1) is 0 Å². The second-order valence-electron chi connectivity index (χ2n) is 4.31. The second kappa shape index (κ2) is 6.15. The van der Waals surface area contributed by atoms with Crippen LogP contribution < -0.4 is 0 Å². The third kappa shape index (κ3) is 4.54. The molecule has 1 aromatic rings. The quantitative estimate of drug-likeness (QED) is 0.733. The summed E-state index contributed by atoms with van der Waals surface area (Å²) in [6.45, 7) is 3.52. The van der Waals surface area contributed by atoms with Crippen LogP contribution in [0.4, 0.5) is 0 Å². The van der Waals surface area contributed by atoms with Crippen molar-refractivity contribution in [3.63, 3.8) is 0 Å². The zero-order valence-electron chi connectivity index (χ0n) is 10.4. The first kappa shape index (κ1) is 14.2. The van der Waals surface area contributed by atoms with Crippen LogP contribution in [0.25, 0.3) is 0 Å². The predicted molar refractivity (Wildman–Crippen MR) is 63.2 cm³/mol. The molecule has 7 nitrogen and oxygen atoms in total. The van der Waals surface area contributed by atoms with Crippen molar-refractivity contribution in [3.05, 3.63) is 18.0 Å². The minimum Gasteiger partial charge on any atom is -0.480 e. The van der Waals surface area contributed by atoms with E-state index in [1.807, 2.05) is 13.8 Å². The van der Waals surface area contributed by atoms with Crippen molar-refractivity contribution in [1.29, 1.82) is 0 Å². The van der Waals surface area contributed by atoms with E-state index in [2.05, 4.69) is 5.10 Å². The summed E-state index contributed by atoms with van der Waals surface area (Å²) in [5, 5.41) is 21.7. The van der Waals surface area contributed by atoms with Gasteiger partial charge >= 0.3 is 11.9 Å². The minimum absolute atomic E-state index is 0.207. The van der Waals surface area contributed by atoms with E-state index in [1.54, 1.807) is 16.9 Å². The first-order valence-electron chi connectivity index (χ1n) is 5.58. The Balaban J connectivity index is 2.68. The highest BCUT2D eigenvalue weighted by Gasteiger charge is 2.15. The molecular formula is C11H17N3O4. The van der Waals surface area contributed by atoms with E-state index in [1.165, 1.54) is 4.90 Å². The molecule has 1 aromatic heterocycles. The molecule has 1 rings (SSSR count). The number of hydrogen-bond acceptors (Lipinski definition) is 4. The normalized spacial score (nSPS) is 11.1. The van der Waals surface area contributed by atoms with Crippen molar-refractivity contribution in [2.75, 3.05) is 13.1 Å². The maximum absolute atomic E-state index is 10.6. The molecule has 18 heavy (non-hydrogen) atoms. The van der Waals surface area contributed by atoms with Crippen molar-refractivity contribution in [2.24, 2.45) is 0 Å². The molecule has 7 heteroatoms. The Morgan fingerprint density at radius 3 is 2.28 bits per heavy atom. The van der Waals surface area contributed by atoms with E-state index >= 15 is 0 Å². The Hall–Kier alpha value is -1.89. The summed E-state index contributed by atoms with van der Waals surface area (Å²) >= 11 is 0. The standard InChI is InChI=1S/C11H17N3O4/c1-8(2)14-4-3-9(12-14)5-13(6-10(15)16)7-11(17)18/h3-4,8H,5-7H2,1-2H3,(H,15,16)(H,17,18).